The first-order valence-electron chi connectivity index (χ1n) is 8.21. The van der Waals surface area contributed by atoms with Crippen molar-refractivity contribution in [1.29, 1.82) is 0 Å². The summed E-state index contributed by atoms with van der Waals surface area (Å²) in [5.41, 5.74) is 0.485. The Morgan fingerprint density at radius 3 is 2.35 bits per heavy atom. The third kappa shape index (κ3) is 4.23. The molecule has 3 rings (SSSR count). The monoisotopic (exact) mass is 401 g/mol. The molecule has 2 N–H and O–H groups in total. The van der Waals surface area contributed by atoms with Crippen LogP contribution >= 0.6 is 11.6 Å². The zero-order chi connectivity index (χ0) is 18.9. The second-order valence-electron chi connectivity index (χ2n) is 6.40. The molecule has 1 aliphatic carbocycles. The van der Waals surface area contributed by atoms with Crippen molar-refractivity contribution in [3.8, 4) is 11.1 Å². The van der Waals surface area contributed by atoms with Gasteiger partial charge in [-0.05, 0) is 55.5 Å². The predicted octanol–water partition coefficient (Wildman–Crippen LogP) is 3.87. The number of hydrogen-bond donors (Lipinski definition) is 2. The van der Waals surface area contributed by atoms with E-state index in [1.165, 1.54) is 24.3 Å². The summed E-state index contributed by atoms with van der Waals surface area (Å²) in [5, 5.41) is 9.47. The first-order valence-corrected chi connectivity index (χ1v) is 10.1. The lowest BCUT2D eigenvalue weighted by Gasteiger charge is -2.26. The molecule has 0 heterocycles. The second-order valence-corrected chi connectivity index (χ2v) is 8.49. The van der Waals surface area contributed by atoms with E-state index in [1.54, 1.807) is 0 Å². The molecule has 0 unspecified atom stereocenters. The third-order valence-electron chi connectivity index (χ3n) is 4.48. The normalized spacial score (nSPS) is 20.9. The van der Waals surface area contributed by atoms with Gasteiger partial charge in [0.1, 0.15) is 16.5 Å². The van der Waals surface area contributed by atoms with Crippen LogP contribution in [0.1, 0.15) is 25.7 Å². The van der Waals surface area contributed by atoms with Gasteiger partial charge in [0.15, 0.2) is 0 Å². The molecule has 26 heavy (non-hydrogen) atoms. The number of benzene rings is 2. The van der Waals surface area contributed by atoms with Gasteiger partial charge in [-0.1, -0.05) is 17.7 Å². The zero-order valence-corrected chi connectivity index (χ0v) is 15.3. The molecule has 1 aliphatic rings. The molecule has 0 radical (unpaired) electrons. The average molecular weight is 402 g/mol. The van der Waals surface area contributed by atoms with Gasteiger partial charge < -0.3 is 5.11 Å². The maximum absolute atomic E-state index is 13.9. The first kappa shape index (κ1) is 19.2. The van der Waals surface area contributed by atoms with E-state index in [0.29, 0.717) is 31.2 Å². The zero-order valence-electron chi connectivity index (χ0n) is 13.8. The SMILES string of the molecule is O=S(=O)(NC1CCC(O)CC1)c1ccc(-c2ccc(F)cc2F)cc1Cl. The fraction of sp³-hybridized carbons (Fsp3) is 0.333. The fourth-order valence-corrected chi connectivity index (χ4v) is 4.94. The molecule has 0 aromatic heterocycles. The highest BCUT2D eigenvalue weighted by molar-refractivity contribution is 7.89. The van der Waals surface area contributed by atoms with Crippen molar-refractivity contribution >= 4 is 21.6 Å². The van der Waals surface area contributed by atoms with E-state index in [0.717, 1.165) is 12.1 Å². The molecule has 4 nitrogen and oxygen atoms in total. The summed E-state index contributed by atoms with van der Waals surface area (Å²) in [6.45, 7) is 0. The highest BCUT2D eigenvalue weighted by Gasteiger charge is 2.26. The maximum Gasteiger partial charge on any atom is 0.242 e. The molecule has 0 spiro atoms. The van der Waals surface area contributed by atoms with Crippen LogP contribution in [0.3, 0.4) is 0 Å². The summed E-state index contributed by atoms with van der Waals surface area (Å²) < 4.78 is 54.7. The van der Waals surface area contributed by atoms with Gasteiger partial charge in [0, 0.05) is 17.7 Å². The smallest absolute Gasteiger partial charge is 0.242 e. The Morgan fingerprint density at radius 2 is 1.73 bits per heavy atom. The number of sulfonamides is 1. The summed E-state index contributed by atoms with van der Waals surface area (Å²) in [6, 6.07) is 6.98. The summed E-state index contributed by atoms with van der Waals surface area (Å²) in [5.74, 6) is -1.45. The molecule has 140 valence electrons. The van der Waals surface area contributed by atoms with Crippen molar-refractivity contribution in [2.45, 2.75) is 42.7 Å². The molecule has 0 aliphatic heterocycles. The molecule has 1 fully saturated rings. The fourth-order valence-electron chi connectivity index (χ4n) is 3.09. The van der Waals surface area contributed by atoms with Gasteiger partial charge in [0.05, 0.1) is 11.1 Å². The van der Waals surface area contributed by atoms with Crippen molar-refractivity contribution in [2.24, 2.45) is 0 Å². The molecular weight excluding hydrogens is 384 g/mol. The third-order valence-corrected chi connectivity index (χ3v) is 6.49. The van der Waals surface area contributed by atoms with Crippen molar-refractivity contribution in [1.82, 2.24) is 4.72 Å². The topological polar surface area (TPSA) is 66.4 Å². The molecule has 2 aromatic rings. The van der Waals surface area contributed by atoms with E-state index in [2.05, 4.69) is 4.72 Å². The van der Waals surface area contributed by atoms with Crippen LogP contribution in [0.15, 0.2) is 41.3 Å². The van der Waals surface area contributed by atoms with E-state index in [4.69, 9.17) is 11.6 Å². The Kier molecular flexibility index (Phi) is 5.62. The largest absolute Gasteiger partial charge is 0.393 e. The molecule has 1 saturated carbocycles. The summed E-state index contributed by atoms with van der Waals surface area (Å²) in [4.78, 5) is -0.100. The van der Waals surface area contributed by atoms with Crippen molar-refractivity contribution in [2.75, 3.05) is 0 Å². The van der Waals surface area contributed by atoms with Crippen molar-refractivity contribution in [3.05, 3.63) is 53.1 Å². The average Bonchev–Trinajstić information content (AvgIpc) is 2.56. The summed E-state index contributed by atoms with van der Waals surface area (Å²) in [6.07, 6.45) is 1.81. The quantitative estimate of drug-likeness (QED) is 0.817. The van der Waals surface area contributed by atoms with Gasteiger partial charge in [-0.2, -0.15) is 0 Å². The lowest BCUT2D eigenvalue weighted by Crippen LogP contribution is -2.38. The van der Waals surface area contributed by atoms with Crippen LogP contribution in [-0.4, -0.2) is 25.7 Å². The predicted molar refractivity (Wildman–Crippen MR) is 95.4 cm³/mol. The minimum atomic E-state index is -3.84. The molecule has 0 saturated heterocycles. The van der Waals surface area contributed by atoms with E-state index < -0.39 is 21.7 Å². The number of aliphatic hydroxyl groups is 1. The lowest BCUT2D eigenvalue weighted by molar-refractivity contribution is 0.120. The van der Waals surface area contributed by atoms with Gasteiger partial charge >= 0.3 is 0 Å². The van der Waals surface area contributed by atoms with Crippen LogP contribution in [0.25, 0.3) is 11.1 Å². The maximum atomic E-state index is 13.9. The molecule has 8 heteroatoms. The molecule has 2 aromatic carbocycles. The van der Waals surface area contributed by atoms with Crippen LogP contribution in [0.2, 0.25) is 5.02 Å². The van der Waals surface area contributed by atoms with Gasteiger partial charge in [0.2, 0.25) is 10.0 Å². The van der Waals surface area contributed by atoms with E-state index >= 15 is 0 Å². The van der Waals surface area contributed by atoms with E-state index in [9.17, 15) is 22.3 Å². The number of nitrogens with one attached hydrogen (secondary N) is 1. The van der Waals surface area contributed by atoms with Gasteiger partial charge in [-0.25, -0.2) is 21.9 Å². The standard InChI is InChI=1S/C18H18ClF2NO3S/c19-16-9-11(15-7-2-12(20)10-17(15)21)1-8-18(16)26(24,25)22-13-3-5-14(23)6-4-13/h1-2,7-10,13-14,22-23H,3-6H2. The van der Waals surface area contributed by atoms with Gasteiger partial charge in [0.25, 0.3) is 0 Å². The van der Waals surface area contributed by atoms with Crippen LogP contribution in [0.4, 0.5) is 8.78 Å². The minimum absolute atomic E-state index is 0.0467. The lowest BCUT2D eigenvalue weighted by atomic mass is 9.94. The highest BCUT2D eigenvalue weighted by atomic mass is 35.5. The summed E-state index contributed by atoms with van der Waals surface area (Å²) in [7, 11) is -3.84. The number of halogens is 3. The van der Waals surface area contributed by atoms with Crippen molar-refractivity contribution in [3.63, 3.8) is 0 Å². The Bertz CT molecular complexity index is 913. The number of rotatable bonds is 4. The molecule has 0 bridgehead atoms. The first-order chi connectivity index (χ1) is 12.3. The van der Waals surface area contributed by atoms with Crippen LogP contribution in [-0.2, 0) is 10.0 Å². The molecule has 0 atom stereocenters. The Hall–Kier alpha value is -1.54. The Labute approximate surface area is 155 Å². The molecular formula is C18H18ClF2NO3S. The number of aliphatic hydroxyl groups excluding tert-OH is 1. The number of hydrogen-bond acceptors (Lipinski definition) is 3. The van der Waals surface area contributed by atoms with Gasteiger partial charge in [-0.15, -0.1) is 0 Å². The van der Waals surface area contributed by atoms with Crippen molar-refractivity contribution < 1.29 is 22.3 Å². The Balaban J connectivity index is 1.84. The van der Waals surface area contributed by atoms with Crippen LogP contribution in [0, 0.1) is 11.6 Å². The van der Waals surface area contributed by atoms with Gasteiger partial charge in [-0.3, -0.25) is 0 Å². The minimum Gasteiger partial charge on any atom is -0.393 e. The Morgan fingerprint density at radius 1 is 1.04 bits per heavy atom. The van der Waals surface area contributed by atoms with E-state index in [-0.39, 0.29) is 27.6 Å². The van der Waals surface area contributed by atoms with Crippen LogP contribution < -0.4 is 4.72 Å². The molecule has 0 amide bonds. The second kappa shape index (κ2) is 7.60. The van der Waals surface area contributed by atoms with E-state index in [1.807, 2.05) is 0 Å². The highest BCUT2D eigenvalue weighted by Crippen LogP contribution is 2.31. The van der Waals surface area contributed by atoms with Crippen LogP contribution in [0.5, 0.6) is 0 Å². The summed E-state index contributed by atoms with van der Waals surface area (Å²) >= 11 is 6.13.